The van der Waals surface area contributed by atoms with E-state index < -0.39 is 0 Å². The molecule has 0 N–H and O–H groups in total. The average molecular weight is 409 g/mol. The predicted octanol–water partition coefficient (Wildman–Crippen LogP) is 1.14. The fraction of sp³-hybridized carbons (Fsp3) is 0.278. The molecule has 0 unspecified atom stereocenters. The van der Waals surface area contributed by atoms with Crippen LogP contribution in [0.2, 0.25) is 0 Å². The molecule has 0 saturated heterocycles. The van der Waals surface area contributed by atoms with E-state index in [4.69, 9.17) is 4.74 Å². The molecule has 3 rings (SSSR count). The number of fused-ring (bicyclic) bond motifs is 2. The molecule has 0 fully saturated rings. The van der Waals surface area contributed by atoms with E-state index in [1.165, 1.54) is 0 Å². The zero-order valence-electron chi connectivity index (χ0n) is 14.0. The second-order valence-electron chi connectivity index (χ2n) is 6.50. The summed E-state index contributed by atoms with van der Waals surface area (Å²) in [5, 5.41) is 0. The van der Waals surface area contributed by atoms with Crippen LogP contribution in [0.25, 0.3) is 0 Å². The molecule has 0 aliphatic carbocycles. The Morgan fingerprint density at radius 2 is 1.50 bits per heavy atom. The van der Waals surface area contributed by atoms with Gasteiger partial charge in [0.15, 0.2) is 0 Å². The monoisotopic (exact) mass is 408 g/mol. The smallest absolute Gasteiger partial charge is 0.419 e. The Hall–Kier alpha value is -1.50. The lowest BCUT2D eigenvalue weighted by Gasteiger charge is -2.30. The summed E-state index contributed by atoms with van der Waals surface area (Å²) in [4.78, 5) is 16.5. The van der Waals surface area contributed by atoms with E-state index in [2.05, 4.69) is 21.1 Å². The summed E-state index contributed by atoms with van der Waals surface area (Å²) < 4.78 is 6.29. The molecule has 1 aliphatic heterocycles. The summed E-state index contributed by atoms with van der Waals surface area (Å²) in [6.07, 6.45) is -0.321. The van der Waals surface area contributed by atoms with Gasteiger partial charge in [0.05, 0.1) is 32.5 Å². The van der Waals surface area contributed by atoms with E-state index in [1.54, 1.807) is 16.7 Å². The van der Waals surface area contributed by atoms with Crippen molar-refractivity contribution in [2.45, 2.75) is 9.79 Å². The first-order chi connectivity index (χ1) is 11.0. The van der Waals surface area contributed by atoms with Crippen LogP contribution in [-0.2, 0) is 4.74 Å². The largest absolute Gasteiger partial charge is 1.00 e. The maximum atomic E-state index is 12.7. The molecule has 128 valence electrons. The molecule has 1 aliphatic rings. The van der Waals surface area contributed by atoms with E-state index in [9.17, 15) is 4.79 Å². The zero-order chi connectivity index (χ0) is 16.4. The minimum Gasteiger partial charge on any atom is -1.00 e. The first kappa shape index (κ1) is 18.8. The number of rotatable bonds is 3. The molecular formula is C18H21BrN2O2S. The number of amides is 1. The lowest BCUT2D eigenvalue weighted by molar-refractivity contribution is -0.870. The van der Waals surface area contributed by atoms with Gasteiger partial charge in [-0.25, -0.2) is 9.69 Å². The molecule has 4 nitrogen and oxygen atoms in total. The minimum atomic E-state index is -0.321. The Bertz CT molecular complexity index is 685. The average Bonchev–Trinajstić information content (AvgIpc) is 2.51. The summed E-state index contributed by atoms with van der Waals surface area (Å²) in [7, 11) is 6.24. The molecule has 1 heterocycles. The van der Waals surface area contributed by atoms with Crippen molar-refractivity contribution in [3.8, 4) is 0 Å². The highest BCUT2D eigenvalue weighted by Crippen LogP contribution is 2.47. The van der Waals surface area contributed by atoms with Crippen molar-refractivity contribution in [3.63, 3.8) is 0 Å². The van der Waals surface area contributed by atoms with Crippen molar-refractivity contribution < 1.29 is 31.0 Å². The fourth-order valence-electron chi connectivity index (χ4n) is 2.37. The van der Waals surface area contributed by atoms with Crippen LogP contribution in [-0.4, -0.2) is 44.9 Å². The van der Waals surface area contributed by atoms with E-state index in [0.29, 0.717) is 6.61 Å². The third kappa shape index (κ3) is 4.12. The molecular weight excluding hydrogens is 388 g/mol. The number of hydrogen-bond acceptors (Lipinski definition) is 3. The number of carbonyl (C=O) groups excluding carboxylic acids is 1. The van der Waals surface area contributed by atoms with Crippen molar-refractivity contribution >= 4 is 29.2 Å². The number of para-hydroxylation sites is 2. The van der Waals surface area contributed by atoms with Crippen LogP contribution >= 0.6 is 11.8 Å². The van der Waals surface area contributed by atoms with Crippen LogP contribution in [0.4, 0.5) is 16.2 Å². The molecule has 0 aromatic heterocycles. The molecule has 0 saturated carbocycles. The Morgan fingerprint density at radius 3 is 2.00 bits per heavy atom. The van der Waals surface area contributed by atoms with Gasteiger partial charge in [-0.3, -0.25) is 0 Å². The van der Waals surface area contributed by atoms with Crippen molar-refractivity contribution in [1.29, 1.82) is 0 Å². The van der Waals surface area contributed by atoms with Crippen molar-refractivity contribution in [2.24, 2.45) is 0 Å². The van der Waals surface area contributed by atoms with Crippen LogP contribution in [0.1, 0.15) is 0 Å². The number of anilines is 2. The number of halogens is 1. The summed E-state index contributed by atoms with van der Waals surface area (Å²) in [6, 6.07) is 15.8. The molecule has 2 aromatic rings. The van der Waals surface area contributed by atoms with Gasteiger partial charge in [-0.15, -0.1) is 0 Å². The second-order valence-corrected chi connectivity index (χ2v) is 7.58. The summed E-state index contributed by atoms with van der Waals surface area (Å²) >= 11 is 1.68. The lowest BCUT2D eigenvalue weighted by atomic mass is 10.2. The molecule has 0 bridgehead atoms. The van der Waals surface area contributed by atoms with Crippen LogP contribution < -0.4 is 21.9 Å². The van der Waals surface area contributed by atoms with Gasteiger partial charge in [0.25, 0.3) is 0 Å². The third-order valence-corrected chi connectivity index (χ3v) is 4.73. The molecule has 6 heteroatoms. The third-order valence-electron chi connectivity index (χ3n) is 3.60. The Morgan fingerprint density at radius 1 is 1.00 bits per heavy atom. The molecule has 0 spiro atoms. The van der Waals surface area contributed by atoms with Gasteiger partial charge >= 0.3 is 6.09 Å². The van der Waals surface area contributed by atoms with Crippen molar-refractivity contribution in [3.05, 3.63) is 48.5 Å². The van der Waals surface area contributed by atoms with Gasteiger partial charge in [-0.05, 0) is 24.3 Å². The van der Waals surface area contributed by atoms with Gasteiger partial charge in [-0.1, -0.05) is 36.0 Å². The maximum Gasteiger partial charge on any atom is 0.419 e. The number of ether oxygens (including phenoxy) is 1. The van der Waals surface area contributed by atoms with Gasteiger partial charge in [0.1, 0.15) is 13.2 Å². The minimum absolute atomic E-state index is 0. The highest BCUT2D eigenvalue weighted by molar-refractivity contribution is 7.99. The summed E-state index contributed by atoms with van der Waals surface area (Å²) in [6.45, 7) is 1.17. The quantitative estimate of drug-likeness (QED) is 0.713. The highest BCUT2D eigenvalue weighted by Gasteiger charge is 2.29. The van der Waals surface area contributed by atoms with E-state index >= 15 is 0 Å². The van der Waals surface area contributed by atoms with Gasteiger partial charge in [0.2, 0.25) is 0 Å². The number of hydrogen-bond donors (Lipinski definition) is 0. The predicted molar refractivity (Wildman–Crippen MR) is 93.4 cm³/mol. The molecule has 2 aromatic carbocycles. The summed E-state index contributed by atoms with van der Waals surface area (Å²) in [5.41, 5.74) is 1.76. The van der Waals surface area contributed by atoms with Gasteiger partial charge < -0.3 is 26.2 Å². The van der Waals surface area contributed by atoms with Gasteiger partial charge in [-0.2, -0.15) is 0 Å². The number of likely N-dealkylation sites (N-methyl/N-ethyl adjacent to an activating group) is 1. The van der Waals surface area contributed by atoms with E-state index in [-0.39, 0.29) is 23.1 Å². The fourth-order valence-corrected chi connectivity index (χ4v) is 3.43. The molecule has 1 amide bonds. The Kier molecular flexibility index (Phi) is 5.96. The Balaban J connectivity index is 0.00000208. The van der Waals surface area contributed by atoms with Crippen LogP contribution in [0.3, 0.4) is 0 Å². The topological polar surface area (TPSA) is 29.5 Å². The van der Waals surface area contributed by atoms with Crippen molar-refractivity contribution in [1.82, 2.24) is 0 Å². The second kappa shape index (κ2) is 7.59. The standard InChI is InChI=1S/C18H21N2O2S.BrH/c1-20(2,3)12-13-22-18(21)19-14-8-4-6-10-16(14)23-17-11-7-5-9-15(17)19;/h4-11H,12-13H2,1-3H3;1H/q+1;/p-1. The highest BCUT2D eigenvalue weighted by atomic mass is 79.9. The maximum absolute atomic E-state index is 12.7. The molecule has 0 radical (unpaired) electrons. The van der Waals surface area contributed by atoms with Crippen LogP contribution in [0, 0.1) is 0 Å². The number of nitrogens with zero attached hydrogens (tertiary/aromatic N) is 2. The molecule has 0 atom stereocenters. The number of carbonyl (C=O) groups is 1. The van der Waals surface area contributed by atoms with Crippen LogP contribution in [0.5, 0.6) is 0 Å². The first-order valence-corrected chi connectivity index (χ1v) is 8.41. The Labute approximate surface area is 157 Å². The zero-order valence-corrected chi connectivity index (χ0v) is 16.4. The normalized spacial score (nSPS) is 12.7. The van der Waals surface area contributed by atoms with E-state index in [0.717, 1.165) is 32.2 Å². The number of quaternary nitrogens is 1. The SMILES string of the molecule is C[N+](C)(C)CCOC(=O)N1c2ccccc2Sc2ccccc21.[Br-]. The lowest BCUT2D eigenvalue weighted by Crippen LogP contribution is -3.00. The summed E-state index contributed by atoms with van der Waals surface area (Å²) in [5.74, 6) is 0. The number of benzene rings is 2. The first-order valence-electron chi connectivity index (χ1n) is 7.59. The van der Waals surface area contributed by atoms with Gasteiger partial charge in [0, 0.05) is 9.79 Å². The molecule has 24 heavy (non-hydrogen) atoms. The van der Waals surface area contributed by atoms with Crippen molar-refractivity contribution in [2.75, 3.05) is 39.2 Å². The van der Waals surface area contributed by atoms with E-state index in [1.807, 2.05) is 48.5 Å². The van der Waals surface area contributed by atoms with Crippen LogP contribution in [0.15, 0.2) is 58.3 Å².